The van der Waals surface area contributed by atoms with Crippen LogP contribution in [0.15, 0.2) is 18.3 Å². The Morgan fingerprint density at radius 1 is 1.45 bits per heavy atom. The van der Waals surface area contributed by atoms with Crippen LogP contribution in [0.3, 0.4) is 0 Å². The highest BCUT2D eigenvalue weighted by Gasteiger charge is 2.41. The van der Waals surface area contributed by atoms with Crippen LogP contribution in [0.5, 0.6) is 0 Å². The molecule has 0 spiro atoms. The van der Waals surface area contributed by atoms with Crippen LogP contribution in [-0.2, 0) is 4.79 Å². The zero-order chi connectivity index (χ0) is 14.8. The fraction of sp³-hybridized carbons (Fsp3) is 0.500. The molecule has 0 saturated heterocycles. The van der Waals surface area contributed by atoms with Gasteiger partial charge in [-0.1, -0.05) is 6.92 Å². The van der Waals surface area contributed by atoms with Gasteiger partial charge in [0.15, 0.2) is 0 Å². The Morgan fingerprint density at radius 2 is 2.10 bits per heavy atom. The fourth-order valence-electron chi connectivity index (χ4n) is 2.54. The van der Waals surface area contributed by atoms with Crippen molar-refractivity contribution >= 4 is 17.7 Å². The van der Waals surface area contributed by atoms with Crippen LogP contribution in [0, 0.1) is 5.92 Å². The largest absolute Gasteiger partial charge is 0.480 e. The Labute approximate surface area is 117 Å². The molecule has 108 valence electrons. The van der Waals surface area contributed by atoms with E-state index in [1.165, 1.54) is 18.3 Å². The van der Waals surface area contributed by atoms with Gasteiger partial charge < -0.3 is 16.2 Å². The molecule has 1 saturated carbocycles. The third-order valence-electron chi connectivity index (χ3n) is 3.95. The number of nitrogens with zero attached hydrogens (tertiary/aromatic N) is 1. The molecule has 1 aliphatic carbocycles. The number of amides is 1. The molecule has 1 aromatic rings. The third kappa shape index (κ3) is 2.89. The van der Waals surface area contributed by atoms with Crippen molar-refractivity contribution in [1.82, 2.24) is 4.98 Å². The van der Waals surface area contributed by atoms with Crippen molar-refractivity contribution in [1.29, 1.82) is 0 Å². The highest BCUT2D eigenvalue weighted by molar-refractivity contribution is 5.93. The van der Waals surface area contributed by atoms with Gasteiger partial charge in [0.1, 0.15) is 11.4 Å². The number of carbonyl (C=O) groups excluding carboxylic acids is 1. The number of carboxylic acids is 1. The van der Waals surface area contributed by atoms with Gasteiger partial charge in [-0.3, -0.25) is 4.79 Å². The Balaban J connectivity index is 2.23. The van der Waals surface area contributed by atoms with Crippen LogP contribution in [0.4, 0.5) is 5.82 Å². The summed E-state index contributed by atoms with van der Waals surface area (Å²) in [5, 5.41) is 12.5. The molecule has 1 fully saturated rings. The lowest BCUT2D eigenvalue weighted by atomic mass is 9.77. The van der Waals surface area contributed by atoms with Gasteiger partial charge in [0, 0.05) is 11.8 Å². The Bertz CT molecular complexity index is 522. The number of pyridine rings is 1. The summed E-state index contributed by atoms with van der Waals surface area (Å²) >= 11 is 0. The molecule has 1 heterocycles. The van der Waals surface area contributed by atoms with E-state index in [1.807, 2.05) is 0 Å². The van der Waals surface area contributed by atoms with Crippen molar-refractivity contribution in [3.63, 3.8) is 0 Å². The van der Waals surface area contributed by atoms with Gasteiger partial charge in [0.2, 0.25) is 5.91 Å². The number of carboxylic acid groups (broad SMARTS) is 1. The number of hydrogen-bond acceptors (Lipinski definition) is 4. The predicted molar refractivity (Wildman–Crippen MR) is 74.4 cm³/mol. The average molecular weight is 277 g/mol. The third-order valence-corrected chi connectivity index (χ3v) is 3.95. The van der Waals surface area contributed by atoms with Crippen molar-refractivity contribution in [2.75, 3.05) is 5.32 Å². The van der Waals surface area contributed by atoms with Gasteiger partial charge in [0.25, 0.3) is 0 Å². The number of aliphatic carboxylic acids is 1. The molecule has 1 aromatic heterocycles. The average Bonchev–Trinajstić information content (AvgIpc) is 2.41. The lowest BCUT2D eigenvalue weighted by Gasteiger charge is -2.36. The summed E-state index contributed by atoms with van der Waals surface area (Å²) in [5.41, 5.74) is 4.52. The molecule has 0 aliphatic heterocycles. The van der Waals surface area contributed by atoms with E-state index in [0.717, 1.165) is 12.8 Å². The highest BCUT2D eigenvalue weighted by Crippen LogP contribution is 2.34. The van der Waals surface area contributed by atoms with Crippen molar-refractivity contribution < 1.29 is 14.7 Å². The molecule has 1 aliphatic rings. The molecular formula is C14H19N3O3. The van der Waals surface area contributed by atoms with Gasteiger partial charge in [0.05, 0.1) is 0 Å². The lowest BCUT2D eigenvalue weighted by molar-refractivity contribution is -0.143. The van der Waals surface area contributed by atoms with E-state index in [2.05, 4.69) is 17.2 Å². The second-order valence-corrected chi connectivity index (χ2v) is 5.49. The first-order valence-corrected chi connectivity index (χ1v) is 6.70. The van der Waals surface area contributed by atoms with E-state index in [1.54, 1.807) is 0 Å². The van der Waals surface area contributed by atoms with E-state index >= 15 is 0 Å². The predicted octanol–water partition coefficient (Wildman–Crippen LogP) is 1.63. The number of hydrogen-bond donors (Lipinski definition) is 3. The molecule has 0 atom stereocenters. The topological polar surface area (TPSA) is 105 Å². The van der Waals surface area contributed by atoms with Gasteiger partial charge in [-0.25, -0.2) is 9.78 Å². The second kappa shape index (κ2) is 5.48. The number of nitrogens with two attached hydrogens (primary N) is 1. The van der Waals surface area contributed by atoms with E-state index < -0.39 is 17.4 Å². The van der Waals surface area contributed by atoms with Crippen molar-refractivity contribution in [2.45, 2.75) is 38.1 Å². The molecule has 2 rings (SSSR count). The van der Waals surface area contributed by atoms with Gasteiger partial charge in [-0.2, -0.15) is 0 Å². The molecule has 0 bridgehead atoms. The molecule has 6 heteroatoms. The smallest absolute Gasteiger partial charge is 0.329 e. The van der Waals surface area contributed by atoms with Gasteiger partial charge >= 0.3 is 5.97 Å². The maximum absolute atomic E-state index is 11.6. The highest BCUT2D eigenvalue weighted by atomic mass is 16.4. The summed E-state index contributed by atoms with van der Waals surface area (Å²) in [6.07, 6.45) is 4.25. The maximum Gasteiger partial charge on any atom is 0.329 e. The van der Waals surface area contributed by atoms with Gasteiger partial charge in [-0.15, -0.1) is 0 Å². The van der Waals surface area contributed by atoms with Crippen LogP contribution < -0.4 is 11.1 Å². The van der Waals surface area contributed by atoms with Crippen LogP contribution in [0.25, 0.3) is 0 Å². The van der Waals surface area contributed by atoms with E-state index in [0.29, 0.717) is 30.1 Å². The number of rotatable bonds is 4. The number of anilines is 1. The van der Waals surface area contributed by atoms with E-state index in [9.17, 15) is 14.7 Å². The Kier molecular flexibility index (Phi) is 3.92. The maximum atomic E-state index is 11.6. The summed E-state index contributed by atoms with van der Waals surface area (Å²) in [6, 6.07) is 2.99. The summed E-state index contributed by atoms with van der Waals surface area (Å²) in [5.74, 6) is -0.528. The molecule has 0 unspecified atom stereocenters. The number of aromatic nitrogens is 1. The van der Waals surface area contributed by atoms with Crippen LogP contribution in [-0.4, -0.2) is 27.5 Å². The first kappa shape index (κ1) is 14.3. The summed E-state index contributed by atoms with van der Waals surface area (Å²) in [7, 11) is 0. The first-order chi connectivity index (χ1) is 9.43. The molecule has 4 N–H and O–H groups in total. The van der Waals surface area contributed by atoms with E-state index in [4.69, 9.17) is 5.73 Å². The number of carbonyl (C=O) groups is 2. The monoisotopic (exact) mass is 277 g/mol. The molecule has 20 heavy (non-hydrogen) atoms. The van der Waals surface area contributed by atoms with Crippen LogP contribution >= 0.6 is 0 Å². The normalized spacial score (nSPS) is 25.9. The van der Waals surface area contributed by atoms with Crippen molar-refractivity contribution in [3.05, 3.63) is 23.9 Å². The standard InChI is InChI=1S/C14H19N3O3/c1-9-2-5-14(6-3-9,13(19)20)17-11-8-10(12(15)18)4-7-16-11/h4,7-9H,2-3,5-6H2,1H3,(H2,15,18)(H,16,17)(H,19,20). The van der Waals surface area contributed by atoms with Crippen LogP contribution in [0.1, 0.15) is 43.0 Å². The minimum atomic E-state index is -1.00. The molecule has 6 nitrogen and oxygen atoms in total. The number of nitrogens with one attached hydrogen (secondary N) is 1. The Hall–Kier alpha value is -2.11. The summed E-state index contributed by atoms with van der Waals surface area (Å²) < 4.78 is 0. The van der Waals surface area contributed by atoms with Gasteiger partial charge in [-0.05, 0) is 43.7 Å². The van der Waals surface area contributed by atoms with Crippen LogP contribution in [0.2, 0.25) is 0 Å². The minimum absolute atomic E-state index is 0.312. The lowest BCUT2D eigenvalue weighted by Crippen LogP contribution is -2.49. The quantitative estimate of drug-likeness (QED) is 0.775. The van der Waals surface area contributed by atoms with E-state index in [-0.39, 0.29) is 0 Å². The van der Waals surface area contributed by atoms with Crippen molar-refractivity contribution in [2.24, 2.45) is 11.7 Å². The van der Waals surface area contributed by atoms with Crippen molar-refractivity contribution in [3.8, 4) is 0 Å². The summed E-state index contributed by atoms with van der Waals surface area (Å²) in [4.78, 5) is 26.9. The molecule has 0 aromatic carbocycles. The zero-order valence-corrected chi connectivity index (χ0v) is 11.4. The molecular weight excluding hydrogens is 258 g/mol. The summed E-state index contributed by atoms with van der Waals surface area (Å²) in [6.45, 7) is 2.12. The first-order valence-electron chi connectivity index (χ1n) is 6.70. The minimum Gasteiger partial charge on any atom is -0.480 e. The SMILES string of the molecule is CC1CCC(Nc2cc(C(N)=O)ccn2)(C(=O)O)CC1. The second-order valence-electron chi connectivity index (χ2n) is 5.49. The Morgan fingerprint density at radius 3 is 2.65 bits per heavy atom. The number of primary amides is 1. The molecule has 1 amide bonds. The zero-order valence-electron chi connectivity index (χ0n) is 11.4. The molecule has 0 radical (unpaired) electrons. The fourth-order valence-corrected chi connectivity index (χ4v) is 2.54.